The van der Waals surface area contributed by atoms with Crippen LogP contribution in [-0.4, -0.2) is 29.2 Å². The molecule has 3 N–H and O–H groups in total. The van der Waals surface area contributed by atoms with Crippen LogP contribution in [0.15, 0.2) is 29.6 Å². The minimum absolute atomic E-state index is 0.0823. The monoisotopic (exact) mass is 306 g/mol. The number of rotatable bonds is 4. The first kappa shape index (κ1) is 15.0. The molecule has 0 aliphatic rings. The fourth-order valence-electron chi connectivity index (χ4n) is 1.69. The van der Waals surface area contributed by atoms with E-state index in [4.69, 9.17) is 11.0 Å². The van der Waals surface area contributed by atoms with E-state index in [1.54, 1.807) is 13.8 Å². The zero-order valence-corrected chi connectivity index (χ0v) is 12.3. The van der Waals surface area contributed by atoms with Crippen LogP contribution in [0.25, 0.3) is 5.82 Å². The molecule has 2 aromatic rings. The highest BCUT2D eigenvalue weighted by Crippen LogP contribution is 2.20. The van der Waals surface area contributed by atoms with Crippen molar-refractivity contribution in [1.82, 2.24) is 19.5 Å². The predicted octanol–water partition coefficient (Wildman–Crippen LogP) is 0.408. The van der Waals surface area contributed by atoms with Gasteiger partial charge in [0.15, 0.2) is 5.82 Å². The first-order valence-corrected chi connectivity index (χ1v) is 7.55. The molecule has 2 rings (SSSR count). The summed E-state index contributed by atoms with van der Waals surface area (Å²) < 4.78 is 28.4. The molecule has 0 atom stereocenters. The van der Waals surface area contributed by atoms with Crippen LogP contribution in [0.5, 0.6) is 0 Å². The summed E-state index contributed by atoms with van der Waals surface area (Å²) in [5.41, 5.74) is 6.15. The van der Waals surface area contributed by atoms with Gasteiger partial charge in [0.05, 0.1) is 29.8 Å². The summed E-state index contributed by atoms with van der Waals surface area (Å²) in [6, 6.07) is 2.94. The molecule has 0 fully saturated rings. The van der Waals surface area contributed by atoms with Crippen LogP contribution < -0.4 is 10.5 Å². The van der Waals surface area contributed by atoms with Crippen molar-refractivity contribution in [3.63, 3.8) is 0 Å². The molecule has 8 nitrogen and oxygen atoms in total. The third-order valence-corrected chi connectivity index (χ3v) is 4.12. The molecule has 2 aromatic heterocycles. The van der Waals surface area contributed by atoms with Gasteiger partial charge >= 0.3 is 0 Å². The highest BCUT2D eigenvalue weighted by molar-refractivity contribution is 7.89. The highest BCUT2D eigenvalue weighted by atomic mass is 32.2. The van der Waals surface area contributed by atoms with Gasteiger partial charge in [0.2, 0.25) is 10.0 Å². The van der Waals surface area contributed by atoms with E-state index in [-0.39, 0.29) is 22.4 Å². The van der Waals surface area contributed by atoms with E-state index >= 15 is 0 Å². The topological polar surface area (TPSA) is 127 Å². The number of nitrogens with zero attached hydrogens (tertiary/aromatic N) is 4. The number of anilines is 1. The summed E-state index contributed by atoms with van der Waals surface area (Å²) in [7, 11) is -3.79. The third-order valence-electron chi connectivity index (χ3n) is 2.46. The Labute approximate surface area is 122 Å². The smallest absolute Gasteiger partial charge is 0.244 e. The Balaban J connectivity index is 2.61. The van der Waals surface area contributed by atoms with Gasteiger partial charge in [-0.25, -0.2) is 22.8 Å². The number of pyridine rings is 1. The van der Waals surface area contributed by atoms with Crippen molar-refractivity contribution in [1.29, 1.82) is 5.26 Å². The summed E-state index contributed by atoms with van der Waals surface area (Å²) in [6.45, 7) is 3.41. The van der Waals surface area contributed by atoms with Gasteiger partial charge < -0.3 is 5.73 Å². The zero-order valence-electron chi connectivity index (χ0n) is 11.5. The zero-order chi connectivity index (χ0) is 15.6. The second kappa shape index (κ2) is 5.51. The number of nitrogens with two attached hydrogens (primary N) is 1. The van der Waals surface area contributed by atoms with E-state index in [9.17, 15) is 8.42 Å². The number of aromatic nitrogens is 3. The fraction of sp³-hybridized carbons (Fsp3) is 0.250. The Kier molecular flexibility index (Phi) is 3.93. The summed E-state index contributed by atoms with van der Waals surface area (Å²) >= 11 is 0. The van der Waals surface area contributed by atoms with Crippen molar-refractivity contribution in [3.05, 3.63) is 30.2 Å². The molecule has 0 aliphatic heterocycles. The Morgan fingerprint density at radius 3 is 2.71 bits per heavy atom. The maximum atomic E-state index is 12.4. The molecule has 110 valence electrons. The van der Waals surface area contributed by atoms with Crippen LogP contribution in [-0.2, 0) is 10.0 Å². The van der Waals surface area contributed by atoms with Crippen molar-refractivity contribution in [3.8, 4) is 11.9 Å². The molecule has 0 spiro atoms. The molecule has 0 saturated carbocycles. The summed E-state index contributed by atoms with van der Waals surface area (Å²) in [6.07, 6.45) is 4.05. The molecule has 0 bridgehead atoms. The maximum Gasteiger partial charge on any atom is 0.244 e. The van der Waals surface area contributed by atoms with Crippen molar-refractivity contribution in [2.24, 2.45) is 0 Å². The van der Waals surface area contributed by atoms with Crippen LogP contribution in [0.1, 0.15) is 19.4 Å². The average Bonchev–Trinajstić information content (AvgIpc) is 2.85. The molecular weight excluding hydrogens is 292 g/mol. The standard InChI is InChI=1S/C12H14N6O2S/c1-8(2)17-21(19,20)11-3-10(14)6-15-12(11)18-7-9(4-13)5-16-18/h3,5-8,17H,14H2,1-2H3. The van der Waals surface area contributed by atoms with Crippen LogP contribution in [0, 0.1) is 11.3 Å². The quantitative estimate of drug-likeness (QED) is 0.842. The molecule has 0 unspecified atom stereocenters. The lowest BCUT2D eigenvalue weighted by molar-refractivity contribution is 0.568. The molecule has 0 saturated heterocycles. The molecule has 0 aliphatic carbocycles. The van der Waals surface area contributed by atoms with Crippen molar-refractivity contribution < 1.29 is 8.42 Å². The van der Waals surface area contributed by atoms with Crippen LogP contribution >= 0.6 is 0 Å². The fourth-order valence-corrected chi connectivity index (χ4v) is 3.12. The summed E-state index contributed by atoms with van der Waals surface area (Å²) in [5, 5.41) is 12.8. The molecule has 0 amide bonds. The lowest BCUT2D eigenvalue weighted by Crippen LogP contribution is -2.31. The molecular formula is C12H14N6O2S. The minimum atomic E-state index is -3.79. The van der Waals surface area contributed by atoms with Gasteiger partial charge in [0.25, 0.3) is 0 Å². The number of sulfonamides is 1. The largest absolute Gasteiger partial charge is 0.397 e. The molecule has 0 aromatic carbocycles. The molecule has 9 heteroatoms. The van der Waals surface area contributed by atoms with E-state index in [2.05, 4.69) is 14.8 Å². The Morgan fingerprint density at radius 2 is 2.14 bits per heavy atom. The highest BCUT2D eigenvalue weighted by Gasteiger charge is 2.22. The first-order valence-electron chi connectivity index (χ1n) is 6.06. The number of nitriles is 1. The van der Waals surface area contributed by atoms with Gasteiger partial charge in [-0.1, -0.05) is 0 Å². The maximum absolute atomic E-state index is 12.4. The second-order valence-electron chi connectivity index (χ2n) is 4.65. The van der Waals surface area contributed by atoms with Gasteiger partial charge in [-0.05, 0) is 19.9 Å². The first-order chi connectivity index (χ1) is 9.83. The minimum Gasteiger partial charge on any atom is -0.397 e. The predicted molar refractivity (Wildman–Crippen MR) is 75.9 cm³/mol. The number of nitrogens with one attached hydrogen (secondary N) is 1. The van der Waals surface area contributed by atoms with Gasteiger partial charge in [-0.15, -0.1) is 0 Å². The average molecular weight is 306 g/mol. The van der Waals surface area contributed by atoms with Crippen LogP contribution in [0.3, 0.4) is 0 Å². The molecule has 2 heterocycles. The SMILES string of the molecule is CC(C)NS(=O)(=O)c1cc(N)cnc1-n1cc(C#N)cn1. The van der Waals surface area contributed by atoms with E-state index in [0.717, 1.165) is 0 Å². The Morgan fingerprint density at radius 1 is 1.43 bits per heavy atom. The summed E-state index contributed by atoms with van der Waals surface area (Å²) in [5.74, 6) is 0.0823. The van der Waals surface area contributed by atoms with Crippen molar-refractivity contribution in [2.45, 2.75) is 24.8 Å². The lowest BCUT2D eigenvalue weighted by Gasteiger charge is -2.13. The molecule has 0 radical (unpaired) electrons. The van der Waals surface area contributed by atoms with Crippen LogP contribution in [0.4, 0.5) is 5.69 Å². The van der Waals surface area contributed by atoms with Gasteiger partial charge in [0.1, 0.15) is 11.0 Å². The van der Waals surface area contributed by atoms with Gasteiger partial charge in [-0.2, -0.15) is 10.4 Å². The number of nitrogen functional groups attached to an aromatic ring is 1. The van der Waals surface area contributed by atoms with Crippen molar-refractivity contribution >= 4 is 15.7 Å². The van der Waals surface area contributed by atoms with Gasteiger partial charge in [-0.3, -0.25) is 0 Å². The van der Waals surface area contributed by atoms with E-state index in [1.165, 1.54) is 29.3 Å². The van der Waals surface area contributed by atoms with E-state index in [0.29, 0.717) is 5.56 Å². The Hall–Kier alpha value is -2.44. The lowest BCUT2D eigenvalue weighted by atomic mass is 10.4. The number of hydrogen-bond acceptors (Lipinski definition) is 6. The van der Waals surface area contributed by atoms with Crippen LogP contribution in [0.2, 0.25) is 0 Å². The van der Waals surface area contributed by atoms with Gasteiger partial charge in [0, 0.05) is 6.04 Å². The van der Waals surface area contributed by atoms with E-state index in [1.807, 2.05) is 6.07 Å². The third kappa shape index (κ3) is 3.18. The summed E-state index contributed by atoms with van der Waals surface area (Å²) in [4.78, 5) is 3.92. The van der Waals surface area contributed by atoms with Crippen molar-refractivity contribution in [2.75, 3.05) is 5.73 Å². The second-order valence-corrected chi connectivity index (χ2v) is 6.33. The molecule has 21 heavy (non-hydrogen) atoms. The normalized spacial score (nSPS) is 11.5. The Bertz CT molecular complexity index is 803. The van der Waals surface area contributed by atoms with E-state index < -0.39 is 10.0 Å². The number of hydrogen-bond donors (Lipinski definition) is 2.